The Kier molecular flexibility index (Phi) is 44.0. The van der Waals surface area contributed by atoms with Gasteiger partial charge in [0.2, 0.25) is 0 Å². The number of rotatable bonds is 18. The third-order valence-corrected chi connectivity index (χ3v) is 4.76. The molecule has 0 aromatic carbocycles. The van der Waals surface area contributed by atoms with Crippen molar-refractivity contribution in [2.45, 2.75) is 97.8 Å². The molecule has 186 valence electrons. The van der Waals surface area contributed by atoms with Crippen LogP contribution in [0.1, 0.15) is 97.8 Å². The molecule has 0 rings (SSSR count). The van der Waals surface area contributed by atoms with E-state index in [0.29, 0.717) is 19.8 Å². The molecule has 0 aromatic heterocycles. The Hall–Kier alpha value is 0.566. The van der Waals surface area contributed by atoms with Gasteiger partial charge < -0.3 is 14.7 Å². The summed E-state index contributed by atoms with van der Waals surface area (Å²) in [6, 6.07) is 0. The maximum atomic E-state index is 9.85. The molecule has 0 N–H and O–H groups in total. The minimum Gasteiger partial charge on any atom is -0.566 e. The van der Waals surface area contributed by atoms with Gasteiger partial charge in [0.15, 0.2) is 0 Å². The fourth-order valence-corrected chi connectivity index (χ4v) is 2.84. The molecule has 3 atom stereocenters. The van der Waals surface area contributed by atoms with Crippen LogP contribution in [0.4, 0.5) is 0 Å². The van der Waals surface area contributed by atoms with Crippen molar-refractivity contribution in [3.63, 3.8) is 0 Å². The molecule has 0 bridgehead atoms. The van der Waals surface area contributed by atoms with Crippen LogP contribution in [0.25, 0.3) is 0 Å². The van der Waals surface area contributed by atoms with Gasteiger partial charge in [-0.2, -0.15) is 0 Å². The van der Waals surface area contributed by atoms with Gasteiger partial charge in [-0.3, -0.25) is 0 Å². The topological polar surface area (TPSA) is 148 Å². The van der Waals surface area contributed by atoms with E-state index in [-0.39, 0.29) is 16.8 Å². The average Bonchev–Trinajstić information content (AvgIpc) is 2.68. The van der Waals surface area contributed by atoms with Crippen molar-refractivity contribution in [1.82, 2.24) is 0 Å². The predicted octanol–water partition coefficient (Wildman–Crippen LogP) is 4.80. The second-order valence-electron chi connectivity index (χ2n) is 6.35. The van der Waals surface area contributed by atoms with E-state index in [9.17, 15) is 28.4 Å². The van der Waals surface area contributed by atoms with E-state index < -0.39 is 24.8 Å². The molecule has 0 spiro atoms. The van der Waals surface area contributed by atoms with Gasteiger partial charge >= 0.3 is 41.5 Å². The summed E-state index contributed by atoms with van der Waals surface area (Å²) in [5, 5.41) is 0. The number of hydrogen-bond donors (Lipinski definition) is 0. The van der Waals surface area contributed by atoms with Crippen LogP contribution in [0.5, 0.6) is 0 Å². The van der Waals surface area contributed by atoms with Gasteiger partial charge in [-0.05, 0) is 33.0 Å². The van der Waals surface area contributed by atoms with Crippen LogP contribution in [0.2, 0.25) is 0 Å². The zero-order valence-corrected chi connectivity index (χ0v) is 22.7. The summed E-state index contributed by atoms with van der Waals surface area (Å²) in [7, 11) is -7.86. The quantitative estimate of drug-likeness (QED) is 0.173. The first-order valence-corrected chi connectivity index (χ1v) is 13.9. The first kappa shape index (κ1) is 38.8. The second kappa shape index (κ2) is 35.2. The summed E-state index contributed by atoms with van der Waals surface area (Å²) >= 11 is 0. The molecule has 0 saturated carbocycles. The molecule has 0 amide bonds. The van der Waals surface area contributed by atoms with E-state index >= 15 is 0 Å². The van der Waals surface area contributed by atoms with E-state index in [1.807, 2.05) is 0 Å². The molecule has 0 radical (unpaired) electrons. The van der Waals surface area contributed by atoms with E-state index in [0.717, 1.165) is 77.0 Å². The fraction of sp³-hybridized carbons (Fsp3) is 1.00. The fourth-order valence-electron chi connectivity index (χ4n) is 2.00. The van der Waals surface area contributed by atoms with Crippen LogP contribution in [0.15, 0.2) is 0 Å². The van der Waals surface area contributed by atoms with Gasteiger partial charge in [-0.1, -0.05) is 78.6 Å². The van der Waals surface area contributed by atoms with Gasteiger partial charge in [0.05, 0.1) is 0 Å². The third kappa shape index (κ3) is 53.6. The first-order chi connectivity index (χ1) is 14.3. The number of hydrogen-bond acceptors (Lipinski definition) is 9. The van der Waals surface area contributed by atoms with Crippen LogP contribution >= 0.6 is 24.8 Å². The van der Waals surface area contributed by atoms with Gasteiger partial charge in [0.1, 0.15) is 19.8 Å². The number of unbranched alkanes of at least 4 members (excludes halogenated alkanes) is 9. The monoisotopic (exact) mass is 551 g/mol. The SMILES string of the molecule is CCCCCCO[P+](=O)[O-].CCCCCCO[P+](=O)[O-].CCCCCCO[P+](=O)[O-].[Co+3]. The smallest absolute Gasteiger partial charge is 0.566 e. The molecular formula is C18H39CoO9P3+3. The van der Waals surface area contributed by atoms with Gasteiger partial charge in [-0.25, -0.2) is 0 Å². The minimum atomic E-state index is -2.62. The largest absolute Gasteiger partial charge is 3.00 e. The first-order valence-electron chi connectivity index (χ1n) is 10.6. The normalized spacial score (nSPS) is 11.2. The summed E-state index contributed by atoms with van der Waals surface area (Å²) in [4.78, 5) is 29.5. The van der Waals surface area contributed by atoms with Crippen LogP contribution in [0, 0.1) is 0 Å². The van der Waals surface area contributed by atoms with Gasteiger partial charge in [-0.15, -0.1) is 13.6 Å². The maximum absolute atomic E-state index is 9.85. The van der Waals surface area contributed by atoms with Crippen molar-refractivity contribution in [1.29, 1.82) is 0 Å². The Bertz CT molecular complexity index is 348. The molecular weight excluding hydrogens is 512 g/mol. The minimum absolute atomic E-state index is 0. The van der Waals surface area contributed by atoms with Crippen LogP contribution < -0.4 is 14.7 Å². The summed E-state index contributed by atoms with van der Waals surface area (Å²) in [6.45, 7) is 7.36. The standard InChI is InChI=1S/3C6H13O3P.Co/c3*1-2-3-4-5-6-9-10(7)8;/h3*2-6H2,1H3;/q;;;+3. The van der Waals surface area contributed by atoms with Gasteiger partial charge in [0.25, 0.3) is 0 Å². The molecule has 31 heavy (non-hydrogen) atoms. The molecule has 0 saturated heterocycles. The van der Waals surface area contributed by atoms with Crippen molar-refractivity contribution in [3.05, 3.63) is 0 Å². The molecule has 0 fully saturated rings. The Labute approximate surface area is 201 Å². The Morgan fingerprint density at radius 3 is 0.871 bits per heavy atom. The third-order valence-electron chi connectivity index (χ3n) is 3.58. The summed E-state index contributed by atoms with van der Waals surface area (Å²) < 4.78 is 42.6. The molecule has 0 aliphatic carbocycles. The molecule has 9 nitrogen and oxygen atoms in total. The molecule has 3 unspecified atom stereocenters. The van der Waals surface area contributed by atoms with Crippen molar-refractivity contribution in [3.8, 4) is 0 Å². The van der Waals surface area contributed by atoms with E-state index in [1.54, 1.807) is 0 Å². The average molecular weight is 551 g/mol. The zero-order valence-electron chi connectivity index (χ0n) is 19.0. The Balaban J connectivity index is -0.000000174. The predicted molar refractivity (Wildman–Crippen MR) is 113 cm³/mol. The summed E-state index contributed by atoms with van der Waals surface area (Å²) in [5.41, 5.74) is 0. The van der Waals surface area contributed by atoms with E-state index in [2.05, 4.69) is 34.3 Å². The van der Waals surface area contributed by atoms with Crippen LogP contribution in [-0.4, -0.2) is 19.8 Å². The van der Waals surface area contributed by atoms with Crippen LogP contribution in [-0.2, 0) is 44.0 Å². The molecule has 0 aromatic rings. The Morgan fingerprint density at radius 2 is 0.710 bits per heavy atom. The van der Waals surface area contributed by atoms with Crippen molar-refractivity contribution in [2.75, 3.05) is 19.8 Å². The molecule has 13 heteroatoms. The van der Waals surface area contributed by atoms with Crippen molar-refractivity contribution in [2.24, 2.45) is 0 Å². The molecule has 0 aliphatic heterocycles. The molecule has 0 aliphatic rings. The summed E-state index contributed by atoms with van der Waals surface area (Å²) in [5.74, 6) is 0. The van der Waals surface area contributed by atoms with Crippen LogP contribution in [0.3, 0.4) is 0 Å². The zero-order chi connectivity index (χ0) is 23.5. The van der Waals surface area contributed by atoms with E-state index in [1.165, 1.54) is 0 Å². The second-order valence-corrected chi connectivity index (χ2v) is 8.47. The Morgan fingerprint density at radius 1 is 0.484 bits per heavy atom. The van der Waals surface area contributed by atoms with E-state index in [4.69, 9.17) is 0 Å². The molecule has 0 heterocycles. The summed E-state index contributed by atoms with van der Waals surface area (Å²) in [6.07, 6.45) is 12.6. The maximum Gasteiger partial charge on any atom is 3.00 e. The van der Waals surface area contributed by atoms with Crippen molar-refractivity contribution >= 4 is 24.8 Å². The van der Waals surface area contributed by atoms with Gasteiger partial charge in [0, 0.05) is 0 Å². The van der Waals surface area contributed by atoms with Crippen molar-refractivity contribution < 1.29 is 58.7 Å².